The van der Waals surface area contributed by atoms with E-state index in [1.807, 2.05) is 0 Å². The van der Waals surface area contributed by atoms with Crippen molar-refractivity contribution in [1.29, 1.82) is 0 Å². The lowest BCUT2D eigenvalue weighted by molar-refractivity contribution is 0.933. The molecule has 1 heterocycles. The Morgan fingerprint density at radius 2 is 2.29 bits per heavy atom. The molecule has 0 spiro atoms. The van der Waals surface area contributed by atoms with Crippen LogP contribution in [0.5, 0.6) is 0 Å². The lowest BCUT2D eigenvalue weighted by Gasteiger charge is -2.22. The van der Waals surface area contributed by atoms with Crippen molar-refractivity contribution in [3.63, 3.8) is 0 Å². The molecule has 0 unspecified atom stereocenters. The largest absolute Gasteiger partial charge is 0.351 e. The van der Waals surface area contributed by atoms with Gasteiger partial charge < -0.3 is 10.2 Å². The molecular weight excluding hydrogens is 278 g/mol. The zero-order valence-corrected chi connectivity index (χ0v) is 11.5. The second-order valence-electron chi connectivity index (χ2n) is 3.95. The third kappa shape index (κ3) is 2.69. The van der Waals surface area contributed by atoms with Gasteiger partial charge in [-0.05, 0) is 18.1 Å². The minimum atomic E-state index is 0.686. The van der Waals surface area contributed by atoms with Crippen molar-refractivity contribution in [1.82, 2.24) is 5.32 Å². The number of benzene rings is 1. The molecule has 17 heavy (non-hydrogen) atoms. The van der Waals surface area contributed by atoms with Crippen molar-refractivity contribution in [2.75, 3.05) is 25.0 Å². The summed E-state index contributed by atoms with van der Waals surface area (Å²) in [6.07, 6.45) is 1.08. The van der Waals surface area contributed by atoms with E-state index < -0.39 is 0 Å². The number of nitrogens with zero attached hydrogens (tertiary/aromatic N) is 2. The monoisotopic (exact) mass is 293 g/mol. The summed E-state index contributed by atoms with van der Waals surface area (Å²) < 4.78 is 0.922. The number of hydrogen-bond acceptors (Lipinski definition) is 1. The predicted molar refractivity (Wildman–Crippen MR) is 76.9 cm³/mol. The molecule has 1 aromatic carbocycles. The predicted octanol–water partition coefficient (Wildman–Crippen LogP) is 2.53. The van der Waals surface area contributed by atoms with Crippen molar-refractivity contribution >= 4 is 27.6 Å². The van der Waals surface area contributed by atoms with Gasteiger partial charge in [0, 0.05) is 30.3 Å². The number of aliphatic imine (C=N–C) groups is 1. The van der Waals surface area contributed by atoms with Gasteiger partial charge in [-0.25, -0.2) is 0 Å². The third-order valence-electron chi connectivity index (χ3n) is 2.79. The van der Waals surface area contributed by atoms with Gasteiger partial charge in [-0.3, -0.25) is 4.99 Å². The molecule has 4 heteroatoms. The molecule has 1 aromatic rings. The maximum atomic E-state index is 4.31. The van der Waals surface area contributed by atoms with Gasteiger partial charge in [0.2, 0.25) is 0 Å². The molecular formula is C13H16BrN3. The Labute approximate surface area is 110 Å². The first kappa shape index (κ1) is 12.2. The van der Waals surface area contributed by atoms with E-state index in [0.717, 1.165) is 23.4 Å². The topological polar surface area (TPSA) is 27.6 Å². The van der Waals surface area contributed by atoms with Crippen molar-refractivity contribution in [2.24, 2.45) is 4.99 Å². The molecule has 90 valence electrons. The Hall–Kier alpha value is -1.29. The number of para-hydroxylation sites is 1. The van der Waals surface area contributed by atoms with Crippen LogP contribution in [-0.2, 0) is 6.42 Å². The summed E-state index contributed by atoms with van der Waals surface area (Å²) in [5, 5.41) is 3.28. The summed E-state index contributed by atoms with van der Waals surface area (Å²) in [5.74, 6) is 0.899. The van der Waals surface area contributed by atoms with Crippen molar-refractivity contribution in [3.8, 4) is 0 Å². The summed E-state index contributed by atoms with van der Waals surface area (Å²) >= 11 is 3.34. The van der Waals surface area contributed by atoms with E-state index in [0.29, 0.717) is 6.54 Å². The highest BCUT2D eigenvalue weighted by molar-refractivity contribution is 9.11. The quantitative estimate of drug-likeness (QED) is 0.670. The Balaban J connectivity index is 2.15. The molecule has 0 radical (unpaired) electrons. The average Bonchev–Trinajstić information content (AvgIpc) is 2.74. The molecule has 0 atom stereocenters. The molecule has 1 aliphatic rings. The molecule has 0 saturated heterocycles. The van der Waals surface area contributed by atoms with Crippen LogP contribution in [0.3, 0.4) is 0 Å². The zero-order valence-electron chi connectivity index (χ0n) is 9.91. The Morgan fingerprint density at radius 3 is 3.00 bits per heavy atom. The molecule has 0 saturated carbocycles. The van der Waals surface area contributed by atoms with E-state index in [1.165, 1.54) is 11.3 Å². The van der Waals surface area contributed by atoms with Gasteiger partial charge in [0.05, 0.1) is 0 Å². The van der Waals surface area contributed by atoms with Gasteiger partial charge in [0.1, 0.15) is 0 Å². The number of hydrogen-bond donors (Lipinski definition) is 1. The molecule has 0 fully saturated rings. The maximum absolute atomic E-state index is 4.31. The third-order valence-corrected chi connectivity index (χ3v) is 3.07. The number of nitrogens with one attached hydrogen (secondary N) is 1. The first-order valence-corrected chi connectivity index (χ1v) is 6.41. The highest BCUT2D eigenvalue weighted by Crippen LogP contribution is 2.27. The average molecular weight is 294 g/mol. The number of rotatable bonds is 2. The van der Waals surface area contributed by atoms with Crippen LogP contribution in [0.25, 0.3) is 0 Å². The van der Waals surface area contributed by atoms with Gasteiger partial charge >= 0.3 is 0 Å². The van der Waals surface area contributed by atoms with E-state index in [1.54, 1.807) is 7.05 Å². The molecule has 1 aliphatic heterocycles. The number of fused-ring (bicyclic) bond motifs is 1. The zero-order chi connectivity index (χ0) is 12.3. The number of anilines is 1. The fourth-order valence-corrected chi connectivity index (χ4v) is 2.17. The van der Waals surface area contributed by atoms with Crippen LogP contribution in [0.1, 0.15) is 5.56 Å². The fraction of sp³-hybridized carbons (Fsp3) is 0.308. The van der Waals surface area contributed by atoms with Crippen LogP contribution < -0.4 is 10.2 Å². The van der Waals surface area contributed by atoms with E-state index in [4.69, 9.17) is 0 Å². The van der Waals surface area contributed by atoms with Gasteiger partial charge in [0.25, 0.3) is 0 Å². The van der Waals surface area contributed by atoms with Crippen LogP contribution in [0.4, 0.5) is 5.69 Å². The first-order valence-electron chi connectivity index (χ1n) is 5.61. The molecule has 0 aliphatic carbocycles. The van der Waals surface area contributed by atoms with Crippen LogP contribution in [0, 0.1) is 0 Å². The van der Waals surface area contributed by atoms with Crippen LogP contribution in [-0.4, -0.2) is 26.1 Å². The molecule has 3 nitrogen and oxygen atoms in total. The number of halogens is 1. The summed E-state index contributed by atoms with van der Waals surface area (Å²) in [7, 11) is 1.81. The summed E-state index contributed by atoms with van der Waals surface area (Å²) in [4.78, 5) is 6.52. The summed E-state index contributed by atoms with van der Waals surface area (Å²) in [6.45, 7) is 5.48. The molecule has 0 bridgehead atoms. The van der Waals surface area contributed by atoms with Crippen molar-refractivity contribution in [2.45, 2.75) is 6.42 Å². The molecule has 1 N–H and O–H groups in total. The first-order chi connectivity index (χ1) is 8.22. The standard InChI is InChI=1S/C13H16BrN3/c1-10(14)9-16-13(15-2)17-8-7-11-5-3-4-6-12(11)17/h3-6H,1,7-9H2,2H3,(H,15,16). The van der Waals surface area contributed by atoms with Crippen molar-refractivity contribution in [3.05, 3.63) is 40.9 Å². The Morgan fingerprint density at radius 1 is 1.53 bits per heavy atom. The summed E-state index contributed by atoms with van der Waals surface area (Å²) in [6, 6.07) is 8.46. The highest BCUT2D eigenvalue weighted by atomic mass is 79.9. The van der Waals surface area contributed by atoms with E-state index in [9.17, 15) is 0 Å². The fourth-order valence-electron chi connectivity index (χ4n) is 2.03. The SMILES string of the molecule is C=C(Br)CNC(=NC)N1CCc2ccccc21. The lowest BCUT2D eigenvalue weighted by Crippen LogP contribution is -2.40. The second kappa shape index (κ2) is 5.36. The van der Waals surface area contributed by atoms with E-state index in [-0.39, 0.29) is 0 Å². The van der Waals surface area contributed by atoms with E-state index >= 15 is 0 Å². The molecule has 0 amide bonds. The normalized spacial score (nSPS) is 14.7. The minimum Gasteiger partial charge on any atom is -0.351 e. The Kier molecular flexibility index (Phi) is 3.84. The molecule has 0 aromatic heterocycles. The van der Waals surface area contributed by atoms with Gasteiger partial charge in [-0.1, -0.05) is 40.7 Å². The smallest absolute Gasteiger partial charge is 0.198 e. The maximum Gasteiger partial charge on any atom is 0.198 e. The second-order valence-corrected chi connectivity index (χ2v) is 5.07. The van der Waals surface area contributed by atoms with Gasteiger partial charge in [-0.15, -0.1) is 0 Å². The van der Waals surface area contributed by atoms with Crippen LogP contribution in [0.15, 0.2) is 40.3 Å². The highest BCUT2D eigenvalue weighted by Gasteiger charge is 2.21. The van der Waals surface area contributed by atoms with E-state index in [2.05, 4.69) is 62.0 Å². The van der Waals surface area contributed by atoms with Gasteiger partial charge in [0.15, 0.2) is 5.96 Å². The van der Waals surface area contributed by atoms with Gasteiger partial charge in [-0.2, -0.15) is 0 Å². The minimum absolute atomic E-state index is 0.686. The summed E-state index contributed by atoms with van der Waals surface area (Å²) in [5.41, 5.74) is 2.63. The Bertz CT molecular complexity index is 454. The van der Waals surface area contributed by atoms with Crippen LogP contribution in [0.2, 0.25) is 0 Å². The van der Waals surface area contributed by atoms with Crippen LogP contribution >= 0.6 is 15.9 Å². The van der Waals surface area contributed by atoms with Crippen molar-refractivity contribution < 1.29 is 0 Å². The lowest BCUT2D eigenvalue weighted by atomic mass is 10.2. The number of guanidine groups is 1. The molecule has 2 rings (SSSR count).